The maximum atomic E-state index is 11.2. The Labute approximate surface area is 175 Å². The summed E-state index contributed by atoms with van der Waals surface area (Å²) in [4.78, 5) is 0. The van der Waals surface area contributed by atoms with Crippen LogP contribution in [-0.2, 0) is 0 Å². The molecule has 1 N–H and O–H groups in total. The molecule has 28 heavy (non-hydrogen) atoms. The third-order valence-electron chi connectivity index (χ3n) is 5.74. The Morgan fingerprint density at radius 2 is 1.07 bits per heavy atom. The molecule has 0 unspecified atom stereocenters. The average molecular weight is 391 g/mol. The van der Waals surface area contributed by atoms with Crippen LogP contribution in [0.1, 0.15) is 117 Å². The molecular weight excluding hydrogens is 344 g/mol. The van der Waals surface area contributed by atoms with Gasteiger partial charge < -0.3 is 9.84 Å². The van der Waals surface area contributed by atoms with Crippen molar-refractivity contribution >= 4 is 0 Å². The molecule has 0 aliphatic carbocycles. The molecule has 0 spiro atoms. The van der Waals surface area contributed by atoms with Gasteiger partial charge in [-0.1, -0.05) is 122 Å². The lowest BCUT2D eigenvalue weighted by atomic mass is 9.90. The average Bonchev–Trinajstić information content (AvgIpc) is 2.72. The summed E-state index contributed by atoms with van der Waals surface area (Å²) in [5, 5.41) is 11.2. The fourth-order valence-electron chi connectivity index (χ4n) is 3.83. The van der Waals surface area contributed by atoms with Crippen molar-refractivity contribution in [2.45, 2.75) is 122 Å². The molecule has 2 heteroatoms. The number of aliphatic hydroxyl groups is 1. The van der Waals surface area contributed by atoms with E-state index in [4.69, 9.17) is 4.74 Å². The molecule has 1 aromatic carbocycles. The van der Waals surface area contributed by atoms with Crippen LogP contribution < -0.4 is 4.74 Å². The molecule has 0 fully saturated rings. The predicted molar refractivity (Wildman–Crippen MR) is 122 cm³/mol. The molecule has 0 heterocycles. The molecule has 1 aromatic rings. The number of benzene rings is 1. The van der Waals surface area contributed by atoms with Gasteiger partial charge in [0.15, 0.2) is 0 Å². The van der Waals surface area contributed by atoms with Crippen LogP contribution in [0, 0.1) is 0 Å². The van der Waals surface area contributed by atoms with Crippen LogP contribution in [0.5, 0.6) is 5.75 Å². The lowest BCUT2D eigenvalue weighted by Gasteiger charge is -2.28. The van der Waals surface area contributed by atoms with E-state index in [9.17, 15) is 5.11 Å². The van der Waals surface area contributed by atoms with Gasteiger partial charge in [0.05, 0.1) is 5.60 Å². The van der Waals surface area contributed by atoms with E-state index in [1.165, 1.54) is 77.0 Å². The lowest BCUT2D eigenvalue weighted by molar-refractivity contribution is -0.0230. The van der Waals surface area contributed by atoms with Gasteiger partial charge in [-0.2, -0.15) is 0 Å². The normalized spacial score (nSPS) is 11.7. The third kappa shape index (κ3) is 13.2. The first kappa shape index (κ1) is 25.0. The van der Waals surface area contributed by atoms with Crippen LogP contribution in [0.4, 0.5) is 0 Å². The van der Waals surface area contributed by atoms with Crippen LogP contribution in [0.2, 0.25) is 0 Å². The Hall–Kier alpha value is -1.02. The highest BCUT2D eigenvalue weighted by Gasteiger charge is 2.27. The molecule has 0 saturated heterocycles. The number of unbranched alkanes of at least 4 members (excludes halogenated alkanes) is 12. The fourth-order valence-corrected chi connectivity index (χ4v) is 3.83. The van der Waals surface area contributed by atoms with E-state index in [1.807, 2.05) is 30.3 Å². The van der Waals surface area contributed by atoms with Crippen LogP contribution >= 0.6 is 0 Å². The standard InChI is InChI=1S/C26H46O2/c1-3-5-7-9-11-13-18-22-26(27,23-19-14-12-10-8-6-4-2)24-28-25-20-16-15-17-21-25/h15-17,20-21,27H,3-14,18-19,22-24H2,1-2H3. The van der Waals surface area contributed by atoms with Crippen molar-refractivity contribution in [3.8, 4) is 5.75 Å². The largest absolute Gasteiger partial charge is 0.491 e. The Bertz CT molecular complexity index is 425. The van der Waals surface area contributed by atoms with Crippen LogP contribution in [-0.4, -0.2) is 17.3 Å². The van der Waals surface area contributed by atoms with E-state index in [0.29, 0.717) is 6.61 Å². The van der Waals surface area contributed by atoms with E-state index in [2.05, 4.69) is 13.8 Å². The van der Waals surface area contributed by atoms with Gasteiger partial charge in [-0.15, -0.1) is 0 Å². The molecule has 0 bridgehead atoms. The second-order valence-corrected chi connectivity index (χ2v) is 8.57. The van der Waals surface area contributed by atoms with Gasteiger partial charge in [0.25, 0.3) is 0 Å². The topological polar surface area (TPSA) is 29.5 Å². The van der Waals surface area contributed by atoms with Crippen molar-refractivity contribution in [3.05, 3.63) is 30.3 Å². The monoisotopic (exact) mass is 390 g/mol. The van der Waals surface area contributed by atoms with Crippen molar-refractivity contribution in [3.63, 3.8) is 0 Å². The molecule has 2 nitrogen and oxygen atoms in total. The first-order valence-electron chi connectivity index (χ1n) is 12.1. The van der Waals surface area contributed by atoms with Crippen molar-refractivity contribution < 1.29 is 9.84 Å². The number of para-hydroxylation sites is 1. The third-order valence-corrected chi connectivity index (χ3v) is 5.74. The SMILES string of the molecule is CCCCCCCCCC(O)(CCCCCCCCC)COc1ccccc1. The maximum Gasteiger partial charge on any atom is 0.119 e. The van der Waals surface area contributed by atoms with Crippen molar-refractivity contribution in [2.24, 2.45) is 0 Å². The van der Waals surface area contributed by atoms with Gasteiger partial charge in [0.1, 0.15) is 12.4 Å². The molecule has 0 aromatic heterocycles. The summed E-state index contributed by atoms with van der Waals surface area (Å²) < 4.78 is 5.94. The molecule has 1 rings (SSSR count). The van der Waals surface area contributed by atoms with Gasteiger partial charge >= 0.3 is 0 Å². The minimum atomic E-state index is -0.678. The summed E-state index contributed by atoms with van der Waals surface area (Å²) in [5.41, 5.74) is -0.678. The maximum absolute atomic E-state index is 11.2. The summed E-state index contributed by atoms with van der Waals surface area (Å²) in [6.07, 6.45) is 19.7. The van der Waals surface area contributed by atoms with Gasteiger partial charge in [-0.3, -0.25) is 0 Å². The zero-order valence-corrected chi connectivity index (χ0v) is 18.8. The Kier molecular flexibility index (Phi) is 15.1. The second-order valence-electron chi connectivity index (χ2n) is 8.57. The van der Waals surface area contributed by atoms with E-state index < -0.39 is 5.60 Å². The van der Waals surface area contributed by atoms with Gasteiger partial charge in [-0.05, 0) is 25.0 Å². The van der Waals surface area contributed by atoms with Crippen molar-refractivity contribution in [1.82, 2.24) is 0 Å². The van der Waals surface area contributed by atoms with E-state index in [1.54, 1.807) is 0 Å². The van der Waals surface area contributed by atoms with Crippen molar-refractivity contribution in [1.29, 1.82) is 0 Å². The van der Waals surface area contributed by atoms with E-state index in [0.717, 1.165) is 31.4 Å². The second kappa shape index (κ2) is 16.9. The summed E-state index contributed by atoms with van der Waals surface area (Å²) >= 11 is 0. The van der Waals surface area contributed by atoms with Crippen LogP contribution in [0.15, 0.2) is 30.3 Å². The molecular formula is C26H46O2. The van der Waals surface area contributed by atoms with E-state index in [-0.39, 0.29) is 0 Å². The zero-order valence-electron chi connectivity index (χ0n) is 18.8. The molecule has 0 amide bonds. The van der Waals surface area contributed by atoms with E-state index >= 15 is 0 Å². The highest BCUT2D eigenvalue weighted by molar-refractivity contribution is 5.21. The van der Waals surface area contributed by atoms with Crippen molar-refractivity contribution in [2.75, 3.05) is 6.61 Å². The minimum Gasteiger partial charge on any atom is -0.491 e. The highest BCUT2D eigenvalue weighted by atomic mass is 16.5. The molecule has 0 aliphatic rings. The number of hydrogen-bond donors (Lipinski definition) is 1. The van der Waals surface area contributed by atoms with Gasteiger partial charge in [0.2, 0.25) is 0 Å². The number of hydrogen-bond acceptors (Lipinski definition) is 2. The van der Waals surface area contributed by atoms with Gasteiger partial charge in [-0.25, -0.2) is 0 Å². The molecule has 0 saturated carbocycles. The zero-order chi connectivity index (χ0) is 20.3. The molecule has 0 aliphatic heterocycles. The minimum absolute atomic E-state index is 0.419. The lowest BCUT2D eigenvalue weighted by Crippen LogP contribution is -2.36. The molecule has 0 atom stereocenters. The predicted octanol–water partition coefficient (Wildman–Crippen LogP) is 8.08. The first-order valence-corrected chi connectivity index (χ1v) is 12.1. The smallest absolute Gasteiger partial charge is 0.119 e. The quantitative estimate of drug-likeness (QED) is 0.242. The Balaban J connectivity index is 2.33. The Morgan fingerprint density at radius 3 is 1.54 bits per heavy atom. The molecule has 162 valence electrons. The number of ether oxygens (including phenoxy) is 1. The van der Waals surface area contributed by atoms with Crippen LogP contribution in [0.25, 0.3) is 0 Å². The number of rotatable bonds is 19. The summed E-state index contributed by atoms with van der Waals surface area (Å²) in [5.74, 6) is 0.861. The fraction of sp³-hybridized carbons (Fsp3) is 0.769. The Morgan fingerprint density at radius 1 is 0.643 bits per heavy atom. The first-order chi connectivity index (χ1) is 13.7. The van der Waals surface area contributed by atoms with Gasteiger partial charge in [0, 0.05) is 0 Å². The highest BCUT2D eigenvalue weighted by Crippen LogP contribution is 2.25. The molecule has 0 radical (unpaired) electrons. The summed E-state index contributed by atoms with van der Waals surface area (Å²) in [7, 11) is 0. The van der Waals surface area contributed by atoms with Crippen LogP contribution in [0.3, 0.4) is 0 Å². The summed E-state index contributed by atoms with van der Waals surface area (Å²) in [6.45, 7) is 4.94. The summed E-state index contributed by atoms with van der Waals surface area (Å²) in [6, 6.07) is 9.92.